The number of aromatic nitrogens is 1. The molecular formula is C27H24Cl2N2O6S. The monoisotopic (exact) mass is 574 g/mol. The predicted molar refractivity (Wildman–Crippen MR) is 146 cm³/mol. The fourth-order valence-corrected chi connectivity index (χ4v) is 5.42. The number of nitrogens with zero attached hydrogens (tertiary/aromatic N) is 2. The molecule has 0 aliphatic carbocycles. The third-order valence-electron chi connectivity index (χ3n) is 5.60. The second-order valence-corrected chi connectivity index (χ2v) is 10.0. The molecule has 8 nitrogen and oxygen atoms in total. The summed E-state index contributed by atoms with van der Waals surface area (Å²) < 4.78 is 18.2. The summed E-state index contributed by atoms with van der Waals surface area (Å²) in [5, 5.41) is 0.769. The molecule has 1 unspecified atom stereocenters. The Labute approximate surface area is 232 Å². The van der Waals surface area contributed by atoms with Gasteiger partial charge in [0.1, 0.15) is 0 Å². The number of esters is 2. The Hall–Kier alpha value is -3.40. The molecule has 38 heavy (non-hydrogen) atoms. The van der Waals surface area contributed by atoms with Crippen molar-refractivity contribution in [2.45, 2.75) is 33.7 Å². The van der Waals surface area contributed by atoms with Crippen LogP contribution in [0, 0.1) is 0 Å². The normalized spacial score (nSPS) is 15.1. The van der Waals surface area contributed by atoms with Crippen LogP contribution in [0.5, 0.6) is 11.5 Å². The first kappa shape index (κ1) is 27.6. The van der Waals surface area contributed by atoms with Gasteiger partial charge in [0, 0.05) is 6.92 Å². The fourth-order valence-electron chi connectivity index (χ4n) is 4.06. The molecule has 1 aliphatic rings. The third kappa shape index (κ3) is 5.55. The Bertz CT molecular complexity index is 1640. The van der Waals surface area contributed by atoms with Crippen molar-refractivity contribution in [1.82, 2.24) is 4.57 Å². The highest BCUT2D eigenvalue weighted by atomic mass is 35.5. The number of allylic oxidation sites excluding steroid dienone is 1. The Morgan fingerprint density at radius 3 is 2.50 bits per heavy atom. The molecule has 0 saturated carbocycles. The van der Waals surface area contributed by atoms with E-state index in [1.54, 1.807) is 63.2 Å². The maximum atomic E-state index is 13.8. The topological polar surface area (TPSA) is 96.2 Å². The van der Waals surface area contributed by atoms with Crippen LogP contribution in [0.3, 0.4) is 0 Å². The number of hydrogen-bond donors (Lipinski definition) is 0. The second-order valence-electron chi connectivity index (χ2n) is 8.21. The van der Waals surface area contributed by atoms with Crippen molar-refractivity contribution < 1.29 is 23.8 Å². The van der Waals surface area contributed by atoms with Crippen molar-refractivity contribution >= 4 is 52.6 Å². The molecule has 4 rings (SSSR count). The van der Waals surface area contributed by atoms with Crippen molar-refractivity contribution in [3.05, 3.63) is 88.5 Å². The van der Waals surface area contributed by atoms with Gasteiger partial charge in [-0.05, 0) is 62.2 Å². The van der Waals surface area contributed by atoms with E-state index < -0.39 is 18.0 Å². The van der Waals surface area contributed by atoms with E-state index in [4.69, 9.17) is 37.4 Å². The van der Waals surface area contributed by atoms with Crippen LogP contribution >= 0.6 is 34.5 Å². The number of ether oxygens (including phenoxy) is 3. The highest BCUT2D eigenvalue weighted by Crippen LogP contribution is 2.36. The molecular weight excluding hydrogens is 551 g/mol. The summed E-state index contributed by atoms with van der Waals surface area (Å²) in [5.74, 6) is -0.555. The minimum atomic E-state index is -0.855. The molecule has 198 valence electrons. The lowest BCUT2D eigenvalue weighted by molar-refractivity contribution is -0.139. The van der Waals surface area contributed by atoms with Gasteiger partial charge in [0.05, 0.1) is 45.1 Å². The molecule has 3 aromatic rings. The van der Waals surface area contributed by atoms with E-state index in [-0.39, 0.29) is 23.5 Å². The standard InChI is InChI=1S/C27H24Cl2N2O6S/c1-5-35-21-13-17(8-10-20(21)37-15(4)32)24-23(26(34)36-6-2)14(3)30-27-31(24)25(33)22(38-27)12-16-7-9-18(28)19(29)11-16/h7-13,24H,5-6H2,1-4H3. The molecule has 0 fully saturated rings. The zero-order valence-corrected chi connectivity index (χ0v) is 23.4. The average molecular weight is 575 g/mol. The molecule has 0 bridgehead atoms. The number of carbonyl (C=O) groups is 2. The van der Waals surface area contributed by atoms with Crippen LogP contribution in [-0.4, -0.2) is 29.7 Å². The van der Waals surface area contributed by atoms with Crippen molar-refractivity contribution in [2.24, 2.45) is 4.99 Å². The zero-order valence-electron chi connectivity index (χ0n) is 21.0. The summed E-state index contributed by atoms with van der Waals surface area (Å²) in [6.07, 6.45) is 1.70. The van der Waals surface area contributed by atoms with Gasteiger partial charge in [0.25, 0.3) is 5.56 Å². The van der Waals surface area contributed by atoms with Crippen molar-refractivity contribution in [1.29, 1.82) is 0 Å². The first-order valence-corrected chi connectivity index (χ1v) is 13.3. The first-order valence-electron chi connectivity index (χ1n) is 11.7. The van der Waals surface area contributed by atoms with E-state index in [2.05, 4.69) is 4.99 Å². The predicted octanol–water partition coefficient (Wildman–Crippen LogP) is 4.43. The van der Waals surface area contributed by atoms with Gasteiger partial charge in [0.2, 0.25) is 0 Å². The van der Waals surface area contributed by atoms with Crippen LogP contribution in [0.2, 0.25) is 10.0 Å². The Balaban J connectivity index is 1.95. The largest absolute Gasteiger partial charge is 0.490 e. The van der Waals surface area contributed by atoms with Crippen LogP contribution in [0.25, 0.3) is 6.08 Å². The summed E-state index contributed by atoms with van der Waals surface area (Å²) in [7, 11) is 0. The maximum absolute atomic E-state index is 13.8. The van der Waals surface area contributed by atoms with Gasteiger partial charge in [-0.1, -0.05) is 46.7 Å². The quantitative estimate of drug-likeness (QED) is 0.306. The SMILES string of the molecule is CCOC(=O)C1=C(C)N=c2sc(=Cc3ccc(Cl)c(Cl)c3)c(=O)n2C1c1ccc(OC(C)=O)c(OCC)c1. The van der Waals surface area contributed by atoms with Gasteiger partial charge >= 0.3 is 11.9 Å². The Kier molecular flexibility index (Phi) is 8.40. The molecule has 11 heteroatoms. The molecule has 1 aromatic heterocycles. The smallest absolute Gasteiger partial charge is 0.338 e. The van der Waals surface area contributed by atoms with Gasteiger partial charge in [-0.3, -0.25) is 14.2 Å². The Morgan fingerprint density at radius 2 is 1.84 bits per heavy atom. The molecule has 0 saturated heterocycles. The lowest BCUT2D eigenvalue weighted by Gasteiger charge is -2.25. The van der Waals surface area contributed by atoms with Crippen molar-refractivity contribution in [3.8, 4) is 11.5 Å². The van der Waals surface area contributed by atoms with E-state index >= 15 is 0 Å². The van der Waals surface area contributed by atoms with Crippen LogP contribution in [0.15, 0.2) is 57.5 Å². The van der Waals surface area contributed by atoms with Crippen molar-refractivity contribution in [2.75, 3.05) is 13.2 Å². The summed E-state index contributed by atoms with van der Waals surface area (Å²) in [5.41, 5.74) is 1.55. The van der Waals surface area contributed by atoms with Crippen LogP contribution < -0.4 is 24.4 Å². The summed E-state index contributed by atoms with van der Waals surface area (Å²) in [6, 6.07) is 9.12. The lowest BCUT2D eigenvalue weighted by atomic mass is 9.95. The number of benzene rings is 2. The third-order valence-corrected chi connectivity index (χ3v) is 7.32. The van der Waals surface area contributed by atoms with Crippen LogP contribution in [0.1, 0.15) is 44.9 Å². The number of fused-ring (bicyclic) bond motifs is 1. The number of rotatable bonds is 7. The highest BCUT2D eigenvalue weighted by molar-refractivity contribution is 7.07. The fraction of sp³-hybridized carbons (Fsp3) is 0.259. The molecule has 0 spiro atoms. The number of carbonyl (C=O) groups excluding carboxylic acids is 2. The minimum Gasteiger partial charge on any atom is -0.490 e. The maximum Gasteiger partial charge on any atom is 0.338 e. The number of hydrogen-bond acceptors (Lipinski definition) is 8. The summed E-state index contributed by atoms with van der Waals surface area (Å²) in [6.45, 7) is 6.95. The van der Waals surface area contributed by atoms with Crippen molar-refractivity contribution in [3.63, 3.8) is 0 Å². The molecule has 0 amide bonds. The second kappa shape index (κ2) is 11.6. The van der Waals surface area contributed by atoms with Gasteiger partial charge in [-0.15, -0.1) is 0 Å². The zero-order chi connectivity index (χ0) is 27.6. The lowest BCUT2D eigenvalue weighted by Crippen LogP contribution is -2.40. The number of thiazole rings is 1. The van der Waals surface area contributed by atoms with Gasteiger partial charge in [-0.2, -0.15) is 0 Å². The molecule has 1 atom stereocenters. The molecule has 0 N–H and O–H groups in total. The van der Waals surface area contributed by atoms with E-state index in [0.29, 0.717) is 48.6 Å². The van der Waals surface area contributed by atoms with Gasteiger partial charge in [-0.25, -0.2) is 9.79 Å². The van der Waals surface area contributed by atoms with E-state index in [1.165, 1.54) is 22.8 Å². The van der Waals surface area contributed by atoms with Gasteiger partial charge < -0.3 is 14.2 Å². The molecule has 2 aromatic carbocycles. The summed E-state index contributed by atoms with van der Waals surface area (Å²) in [4.78, 5) is 43.4. The molecule has 0 radical (unpaired) electrons. The molecule has 2 heterocycles. The van der Waals surface area contributed by atoms with Gasteiger partial charge in [0.15, 0.2) is 16.3 Å². The average Bonchev–Trinajstić information content (AvgIpc) is 3.16. The van der Waals surface area contributed by atoms with Crippen LogP contribution in [0.4, 0.5) is 0 Å². The minimum absolute atomic E-state index is 0.152. The first-order chi connectivity index (χ1) is 18.1. The highest BCUT2D eigenvalue weighted by Gasteiger charge is 2.34. The van der Waals surface area contributed by atoms with Crippen LogP contribution in [-0.2, 0) is 14.3 Å². The summed E-state index contributed by atoms with van der Waals surface area (Å²) >= 11 is 13.4. The van der Waals surface area contributed by atoms with E-state index in [0.717, 1.165) is 0 Å². The number of halogens is 2. The van der Waals surface area contributed by atoms with E-state index in [9.17, 15) is 14.4 Å². The Morgan fingerprint density at radius 1 is 1.08 bits per heavy atom. The van der Waals surface area contributed by atoms with E-state index in [1.807, 2.05) is 0 Å². The molecule has 1 aliphatic heterocycles.